The Morgan fingerprint density at radius 3 is 2.45 bits per heavy atom. The lowest BCUT2D eigenvalue weighted by molar-refractivity contribution is 0.0954. The Morgan fingerprint density at radius 2 is 1.91 bits per heavy atom. The molecule has 0 aliphatic carbocycles. The van der Waals surface area contributed by atoms with E-state index in [1.807, 2.05) is 29.9 Å². The maximum atomic E-state index is 11.9. The van der Waals surface area contributed by atoms with Crippen LogP contribution < -0.4 is 10.0 Å². The van der Waals surface area contributed by atoms with Crippen molar-refractivity contribution in [2.45, 2.75) is 0 Å². The molecule has 0 saturated heterocycles. The van der Waals surface area contributed by atoms with Gasteiger partial charge in [0.15, 0.2) is 0 Å². The summed E-state index contributed by atoms with van der Waals surface area (Å²) in [6.45, 7) is 0.392. The monoisotopic (exact) mass is 322 g/mol. The molecule has 0 bridgehead atoms. The van der Waals surface area contributed by atoms with Crippen molar-refractivity contribution in [2.75, 3.05) is 19.3 Å². The number of hydrogen-bond donors (Lipinski definition) is 2. The summed E-state index contributed by atoms with van der Waals surface area (Å²) < 4.78 is 26.0. The maximum Gasteiger partial charge on any atom is 0.251 e. The topological polar surface area (TPSA) is 93.1 Å². The molecule has 7 nitrogen and oxygen atoms in total. The summed E-state index contributed by atoms with van der Waals surface area (Å²) >= 11 is 0. The molecule has 0 saturated carbocycles. The van der Waals surface area contributed by atoms with Gasteiger partial charge in [0.25, 0.3) is 5.91 Å². The summed E-state index contributed by atoms with van der Waals surface area (Å²) in [6.07, 6.45) is 4.64. The number of carbonyl (C=O) groups excluding carboxylic acids is 1. The van der Waals surface area contributed by atoms with Gasteiger partial charge >= 0.3 is 0 Å². The molecule has 1 aromatic carbocycles. The van der Waals surface area contributed by atoms with E-state index >= 15 is 0 Å². The quantitative estimate of drug-likeness (QED) is 0.751. The van der Waals surface area contributed by atoms with Gasteiger partial charge in [0.1, 0.15) is 5.82 Å². The minimum absolute atomic E-state index is 0.163. The molecule has 1 heterocycles. The average molecular weight is 322 g/mol. The predicted octanol–water partition coefficient (Wildman–Crippen LogP) is 0.366. The summed E-state index contributed by atoms with van der Waals surface area (Å²) in [5, 5.41) is 2.65. The van der Waals surface area contributed by atoms with Crippen LogP contribution >= 0.6 is 0 Å². The number of nitrogens with zero attached hydrogens (tertiary/aromatic N) is 2. The first-order chi connectivity index (χ1) is 10.4. The third kappa shape index (κ3) is 4.40. The second-order valence-electron chi connectivity index (χ2n) is 4.86. The number of sulfonamides is 1. The van der Waals surface area contributed by atoms with Gasteiger partial charge in [-0.05, 0) is 12.1 Å². The van der Waals surface area contributed by atoms with Crippen molar-refractivity contribution in [3.8, 4) is 11.4 Å². The Labute approximate surface area is 129 Å². The van der Waals surface area contributed by atoms with Gasteiger partial charge in [-0.15, -0.1) is 0 Å². The first-order valence-electron chi connectivity index (χ1n) is 6.67. The zero-order valence-electron chi connectivity index (χ0n) is 12.4. The van der Waals surface area contributed by atoms with Gasteiger partial charge in [-0.1, -0.05) is 12.1 Å². The normalized spacial score (nSPS) is 11.4. The van der Waals surface area contributed by atoms with Crippen LogP contribution in [0.5, 0.6) is 0 Å². The van der Waals surface area contributed by atoms with Crippen LogP contribution in [-0.4, -0.2) is 43.2 Å². The number of aromatic nitrogens is 2. The predicted molar refractivity (Wildman–Crippen MR) is 83.8 cm³/mol. The van der Waals surface area contributed by atoms with Gasteiger partial charge in [-0.3, -0.25) is 4.79 Å². The lowest BCUT2D eigenvalue weighted by Gasteiger charge is -2.07. The SMILES string of the molecule is Cn1ccnc1-c1ccc(C(=O)NCCNS(C)(=O)=O)cc1. The fourth-order valence-corrected chi connectivity index (χ4v) is 2.40. The van der Waals surface area contributed by atoms with Crippen LogP contribution in [0.3, 0.4) is 0 Å². The van der Waals surface area contributed by atoms with Crippen molar-refractivity contribution in [3.05, 3.63) is 42.2 Å². The first kappa shape index (κ1) is 16.2. The molecule has 0 atom stereocenters. The van der Waals surface area contributed by atoms with E-state index in [4.69, 9.17) is 0 Å². The molecule has 22 heavy (non-hydrogen) atoms. The molecule has 2 N–H and O–H groups in total. The van der Waals surface area contributed by atoms with Crippen molar-refractivity contribution < 1.29 is 13.2 Å². The van der Waals surface area contributed by atoms with Crippen molar-refractivity contribution in [1.82, 2.24) is 19.6 Å². The third-order valence-electron chi connectivity index (χ3n) is 3.00. The molecule has 1 amide bonds. The molecule has 1 aromatic heterocycles. The van der Waals surface area contributed by atoms with Crippen LogP contribution in [0.25, 0.3) is 11.4 Å². The Balaban J connectivity index is 1.93. The molecule has 2 rings (SSSR count). The Morgan fingerprint density at radius 1 is 1.23 bits per heavy atom. The Hall–Kier alpha value is -2.19. The molecular formula is C14H18N4O3S. The van der Waals surface area contributed by atoms with Crippen molar-refractivity contribution in [2.24, 2.45) is 7.05 Å². The second-order valence-corrected chi connectivity index (χ2v) is 6.69. The zero-order valence-corrected chi connectivity index (χ0v) is 13.2. The highest BCUT2D eigenvalue weighted by Gasteiger charge is 2.08. The number of nitrogens with one attached hydrogen (secondary N) is 2. The molecule has 0 unspecified atom stereocenters. The summed E-state index contributed by atoms with van der Waals surface area (Å²) in [7, 11) is -1.33. The molecule has 0 fully saturated rings. The van der Waals surface area contributed by atoms with Crippen molar-refractivity contribution in [1.29, 1.82) is 0 Å². The van der Waals surface area contributed by atoms with E-state index in [1.165, 1.54) is 0 Å². The first-order valence-corrected chi connectivity index (χ1v) is 8.56. The summed E-state index contributed by atoms with van der Waals surface area (Å²) in [6, 6.07) is 7.07. The van der Waals surface area contributed by atoms with E-state index in [0.717, 1.165) is 17.6 Å². The van der Waals surface area contributed by atoms with Crippen LogP contribution in [0.2, 0.25) is 0 Å². The summed E-state index contributed by atoms with van der Waals surface area (Å²) in [5.41, 5.74) is 1.43. The van der Waals surface area contributed by atoms with Crippen LogP contribution in [0, 0.1) is 0 Å². The van der Waals surface area contributed by atoms with Gasteiger partial charge in [-0.25, -0.2) is 18.1 Å². The highest BCUT2D eigenvalue weighted by molar-refractivity contribution is 7.88. The van der Waals surface area contributed by atoms with Crippen LogP contribution in [0.4, 0.5) is 0 Å². The van der Waals surface area contributed by atoms with E-state index in [0.29, 0.717) is 5.56 Å². The van der Waals surface area contributed by atoms with Crippen LogP contribution in [-0.2, 0) is 17.1 Å². The van der Waals surface area contributed by atoms with E-state index in [9.17, 15) is 13.2 Å². The number of aryl methyl sites for hydroxylation is 1. The third-order valence-corrected chi connectivity index (χ3v) is 3.73. The molecule has 0 aliphatic heterocycles. The molecule has 8 heteroatoms. The highest BCUT2D eigenvalue weighted by atomic mass is 32.2. The average Bonchev–Trinajstić information content (AvgIpc) is 2.89. The van der Waals surface area contributed by atoms with Crippen LogP contribution in [0.1, 0.15) is 10.4 Å². The number of carbonyl (C=O) groups is 1. The van der Waals surface area contributed by atoms with Gasteiger partial charge in [0.05, 0.1) is 6.26 Å². The van der Waals surface area contributed by atoms with Gasteiger partial charge in [-0.2, -0.15) is 0 Å². The molecule has 2 aromatic rings. The highest BCUT2D eigenvalue weighted by Crippen LogP contribution is 2.16. The number of amides is 1. The van der Waals surface area contributed by atoms with E-state index in [2.05, 4.69) is 15.0 Å². The molecule has 0 radical (unpaired) electrons. The number of benzene rings is 1. The fourth-order valence-electron chi connectivity index (χ4n) is 1.93. The Kier molecular flexibility index (Phi) is 4.94. The summed E-state index contributed by atoms with van der Waals surface area (Å²) in [5.74, 6) is 0.575. The Bertz CT molecular complexity index is 751. The van der Waals surface area contributed by atoms with Crippen LogP contribution in [0.15, 0.2) is 36.7 Å². The van der Waals surface area contributed by atoms with Gasteiger partial charge in [0, 0.05) is 43.7 Å². The number of hydrogen-bond acceptors (Lipinski definition) is 4. The minimum atomic E-state index is -3.23. The van der Waals surface area contributed by atoms with E-state index in [1.54, 1.807) is 18.3 Å². The lowest BCUT2D eigenvalue weighted by Crippen LogP contribution is -2.34. The molecular weight excluding hydrogens is 304 g/mol. The van der Waals surface area contributed by atoms with Crippen molar-refractivity contribution >= 4 is 15.9 Å². The van der Waals surface area contributed by atoms with Gasteiger partial charge in [0.2, 0.25) is 10.0 Å². The molecule has 0 aliphatic rings. The maximum absolute atomic E-state index is 11.9. The number of rotatable bonds is 6. The fraction of sp³-hybridized carbons (Fsp3) is 0.286. The molecule has 118 valence electrons. The summed E-state index contributed by atoms with van der Waals surface area (Å²) in [4.78, 5) is 16.2. The largest absolute Gasteiger partial charge is 0.351 e. The van der Waals surface area contributed by atoms with E-state index in [-0.39, 0.29) is 19.0 Å². The van der Waals surface area contributed by atoms with Gasteiger partial charge < -0.3 is 9.88 Å². The molecule has 0 spiro atoms. The smallest absolute Gasteiger partial charge is 0.251 e. The zero-order chi connectivity index (χ0) is 16.2. The van der Waals surface area contributed by atoms with E-state index < -0.39 is 10.0 Å². The number of imidazole rings is 1. The lowest BCUT2D eigenvalue weighted by atomic mass is 10.1. The van der Waals surface area contributed by atoms with Crippen molar-refractivity contribution in [3.63, 3.8) is 0 Å². The second kappa shape index (κ2) is 6.71. The minimum Gasteiger partial charge on any atom is -0.351 e. The standard InChI is InChI=1S/C14H18N4O3S/c1-18-10-9-15-13(18)11-3-5-12(6-4-11)14(19)16-7-8-17-22(2,20)21/h3-6,9-10,17H,7-8H2,1-2H3,(H,16,19).